The van der Waals surface area contributed by atoms with Crippen molar-refractivity contribution >= 4 is 21.6 Å². The zero-order valence-corrected chi connectivity index (χ0v) is 15.9. The quantitative estimate of drug-likeness (QED) is 0.502. The number of rotatable bonds is 4. The van der Waals surface area contributed by atoms with Gasteiger partial charge in [0.2, 0.25) is 15.7 Å². The van der Waals surface area contributed by atoms with E-state index in [9.17, 15) is 23.3 Å². The predicted molar refractivity (Wildman–Crippen MR) is 92.5 cm³/mol. The van der Waals surface area contributed by atoms with E-state index in [4.69, 9.17) is 0 Å². The lowest BCUT2D eigenvalue weighted by Crippen LogP contribution is -2.50. The van der Waals surface area contributed by atoms with Crippen LogP contribution in [0.2, 0.25) is 0 Å². The summed E-state index contributed by atoms with van der Waals surface area (Å²) < 4.78 is 29.1. The Hall–Kier alpha value is -2.80. The first-order chi connectivity index (χ1) is 12.6. The van der Waals surface area contributed by atoms with Gasteiger partial charge in [0.15, 0.2) is 0 Å². The van der Waals surface area contributed by atoms with Crippen LogP contribution in [0.5, 0.6) is 0 Å². The van der Waals surface area contributed by atoms with Crippen LogP contribution in [0.15, 0.2) is 17.3 Å². The molecule has 0 unspecified atom stereocenters. The van der Waals surface area contributed by atoms with E-state index in [1.165, 1.54) is 44.9 Å². The lowest BCUT2D eigenvalue weighted by atomic mass is 10.2. The van der Waals surface area contributed by atoms with Gasteiger partial charge in [-0.05, 0) is 6.92 Å². The molecule has 0 saturated carbocycles. The molecule has 3 heterocycles. The summed E-state index contributed by atoms with van der Waals surface area (Å²) in [7, 11) is -0.602. The summed E-state index contributed by atoms with van der Waals surface area (Å²) in [4.78, 5) is 24.9. The molecule has 1 aliphatic rings. The molecule has 0 spiro atoms. The van der Waals surface area contributed by atoms with Crippen molar-refractivity contribution in [3.63, 3.8) is 0 Å². The van der Waals surface area contributed by atoms with Crippen LogP contribution in [-0.2, 0) is 24.1 Å². The van der Waals surface area contributed by atoms with Crippen LogP contribution < -0.4 is 0 Å². The number of hydrogen-bond donors (Lipinski definition) is 0. The van der Waals surface area contributed by atoms with Crippen molar-refractivity contribution in [2.24, 2.45) is 14.1 Å². The van der Waals surface area contributed by atoms with E-state index in [0.29, 0.717) is 0 Å². The summed E-state index contributed by atoms with van der Waals surface area (Å²) in [6.45, 7) is 1.90. The Morgan fingerprint density at radius 3 is 2.37 bits per heavy atom. The second-order valence-corrected chi connectivity index (χ2v) is 8.15. The van der Waals surface area contributed by atoms with Gasteiger partial charge in [-0.3, -0.25) is 24.3 Å². The van der Waals surface area contributed by atoms with Crippen molar-refractivity contribution in [1.29, 1.82) is 0 Å². The first kappa shape index (κ1) is 19.0. The highest BCUT2D eigenvalue weighted by atomic mass is 32.2. The normalized spacial score (nSPS) is 15.9. The molecule has 2 aromatic heterocycles. The van der Waals surface area contributed by atoms with Crippen molar-refractivity contribution in [3.05, 3.63) is 33.9 Å². The maximum Gasteiger partial charge on any atom is 0.322 e. The zero-order chi connectivity index (χ0) is 19.9. The van der Waals surface area contributed by atoms with Crippen LogP contribution in [-0.4, -0.2) is 74.2 Å². The molecule has 12 nitrogen and oxygen atoms in total. The molecule has 2 aromatic rings. The monoisotopic (exact) mass is 397 g/mol. The molecule has 0 radical (unpaired) electrons. The third-order valence-corrected chi connectivity index (χ3v) is 6.27. The Bertz CT molecular complexity index is 1000. The number of aromatic nitrogens is 4. The van der Waals surface area contributed by atoms with Crippen molar-refractivity contribution in [3.8, 4) is 0 Å². The Morgan fingerprint density at radius 1 is 1.22 bits per heavy atom. The summed E-state index contributed by atoms with van der Waals surface area (Å²) in [5, 5.41) is 19.1. The number of piperazine rings is 1. The van der Waals surface area contributed by atoms with Crippen molar-refractivity contribution in [2.75, 3.05) is 26.2 Å². The molecular formula is C14H19N7O5S. The summed E-state index contributed by atoms with van der Waals surface area (Å²) in [6, 6.07) is 0. The number of carbonyl (C=O) groups excluding carboxylic acids is 1. The third kappa shape index (κ3) is 3.30. The zero-order valence-electron chi connectivity index (χ0n) is 15.1. The number of aryl methyl sites for hydroxylation is 3. The summed E-state index contributed by atoms with van der Waals surface area (Å²) in [5.41, 5.74) is -0.280. The maximum atomic E-state index is 12.8. The standard InChI is InChI=1S/C14H19N7O5S/c1-10-12(21(23)24)13(18(3)16-10)14(22)19-4-6-20(7-5-19)27(25,26)11-8-15-17(2)9-11/h8-9H,4-7H2,1-3H3. The molecule has 1 fully saturated rings. The second kappa shape index (κ2) is 6.74. The molecule has 13 heteroatoms. The van der Waals surface area contributed by atoms with Crippen LogP contribution in [0.3, 0.4) is 0 Å². The van der Waals surface area contributed by atoms with Gasteiger partial charge in [0.05, 0.1) is 11.1 Å². The summed E-state index contributed by atoms with van der Waals surface area (Å²) in [5.74, 6) is -0.539. The highest BCUT2D eigenvalue weighted by molar-refractivity contribution is 7.89. The van der Waals surface area contributed by atoms with Gasteiger partial charge in [-0.2, -0.15) is 14.5 Å². The van der Waals surface area contributed by atoms with Crippen LogP contribution in [0.1, 0.15) is 16.2 Å². The smallest absolute Gasteiger partial charge is 0.322 e. The number of nitrogens with zero attached hydrogens (tertiary/aromatic N) is 7. The number of hydrogen-bond acceptors (Lipinski definition) is 7. The first-order valence-electron chi connectivity index (χ1n) is 8.09. The number of nitro groups is 1. The Labute approximate surface area is 155 Å². The van der Waals surface area contributed by atoms with E-state index in [0.717, 1.165) is 0 Å². The van der Waals surface area contributed by atoms with Crippen LogP contribution in [0, 0.1) is 17.0 Å². The minimum absolute atomic E-state index is 0.0858. The number of carbonyl (C=O) groups is 1. The molecule has 1 amide bonds. The molecule has 27 heavy (non-hydrogen) atoms. The van der Waals surface area contributed by atoms with Gasteiger partial charge in [0, 0.05) is 46.5 Å². The molecule has 0 N–H and O–H groups in total. The average Bonchev–Trinajstić information content (AvgIpc) is 3.17. The molecule has 146 valence electrons. The SMILES string of the molecule is Cc1nn(C)c(C(=O)N2CCN(S(=O)(=O)c3cnn(C)c3)CC2)c1[N+](=O)[O-]. The van der Waals surface area contributed by atoms with E-state index in [-0.39, 0.29) is 48.1 Å². The molecule has 3 rings (SSSR count). The molecule has 0 aliphatic carbocycles. The number of sulfonamides is 1. The minimum atomic E-state index is -3.69. The molecule has 1 saturated heterocycles. The van der Waals surface area contributed by atoms with Crippen molar-refractivity contribution in [2.45, 2.75) is 11.8 Å². The molecule has 1 aliphatic heterocycles. The van der Waals surface area contributed by atoms with Gasteiger partial charge in [0.25, 0.3) is 5.91 Å². The van der Waals surface area contributed by atoms with E-state index in [2.05, 4.69) is 10.2 Å². The highest BCUT2D eigenvalue weighted by Gasteiger charge is 2.36. The van der Waals surface area contributed by atoms with Gasteiger partial charge in [-0.25, -0.2) is 8.42 Å². The average molecular weight is 397 g/mol. The topological polar surface area (TPSA) is 136 Å². The molecular weight excluding hydrogens is 378 g/mol. The maximum absolute atomic E-state index is 12.8. The largest absolute Gasteiger partial charge is 0.334 e. The fourth-order valence-corrected chi connectivity index (χ4v) is 4.48. The van der Waals surface area contributed by atoms with Crippen molar-refractivity contribution < 1.29 is 18.1 Å². The van der Waals surface area contributed by atoms with Crippen molar-refractivity contribution in [1.82, 2.24) is 28.8 Å². The van der Waals surface area contributed by atoms with E-state index >= 15 is 0 Å². The van der Waals surface area contributed by atoms with Gasteiger partial charge in [0.1, 0.15) is 10.6 Å². The Morgan fingerprint density at radius 2 is 1.85 bits per heavy atom. The fraction of sp³-hybridized carbons (Fsp3) is 0.500. The van der Waals surface area contributed by atoms with Crippen LogP contribution >= 0.6 is 0 Å². The number of amides is 1. The van der Waals surface area contributed by atoms with E-state index < -0.39 is 20.9 Å². The fourth-order valence-electron chi connectivity index (χ4n) is 3.07. The summed E-state index contributed by atoms with van der Waals surface area (Å²) in [6.07, 6.45) is 2.68. The van der Waals surface area contributed by atoms with Gasteiger partial charge in [-0.1, -0.05) is 0 Å². The van der Waals surface area contributed by atoms with Gasteiger partial charge in [-0.15, -0.1) is 0 Å². The predicted octanol–water partition coefficient (Wildman–Crippen LogP) is -0.483. The van der Waals surface area contributed by atoms with Gasteiger partial charge >= 0.3 is 5.69 Å². The first-order valence-corrected chi connectivity index (χ1v) is 9.53. The third-order valence-electron chi connectivity index (χ3n) is 4.42. The molecule has 0 atom stereocenters. The minimum Gasteiger partial charge on any atom is -0.334 e. The molecule has 0 aromatic carbocycles. The summed E-state index contributed by atoms with van der Waals surface area (Å²) >= 11 is 0. The lowest BCUT2D eigenvalue weighted by molar-refractivity contribution is -0.385. The van der Waals surface area contributed by atoms with Crippen LogP contribution in [0.25, 0.3) is 0 Å². The van der Waals surface area contributed by atoms with Gasteiger partial charge < -0.3 is 4.90 Å². The lowest BCUT2D eigenvalue weighted by Gasteiger charge is -2.33. The van der Waals surface area contributed by atoms with E-state index in [1.807, 2.05) is 0 Å². The highest BCUT2D eigenvalue weighted by Crippen LogP contribution is 2.25. The van der Waals surface area contributed by atoms with E-state index in [1.54, 1.807) is 7.05 Å². The second-order valence-electron chi connectivity index (χ2n) is 6.21. The molecule has 0 bridgehead atoms. The Balaban J connectivity index is 1.77. The van der Waals surface area contributed by atoms with Crippen LogP contribution in [0.4, 0.5) is 5.69 Å². The Kier molecular flexibility index (Phi) is 4.73.